The highest BCUT2D eigenvalue weighted by Gasteiger charge is 2.29. The summed E-state index contributed by atoms with van der Waals surface area (Å²) in [5.41, 5.74) is 3.94. The summed E-state index contributed by atoms with van der Waals surface area (Å²) >= 11 is 0. The van der Waals surface area contributed by atoms with E-state index in [0.29, 0.717) is 37.6 Å². The Balaban J connectivity index is 1.79. The number of hydrogen-bond donors (Lipinski definition) is 1. The molecule has 0 aliphatic carbocycles. The van der Waals surface area contributed by atoms with Crippen LogP contribution in [0.1, 0.15) is 18.1 Å². The van der Waals surface area contributed by atoms with E-state index >= 15 is 0 Å². The van der Waals surface area contributed by atoms with Crippen LogP contribution in [0.25, 0.3) is 0 Å². The van der Waals surface area contributed by atoms with Crippen LogP contribution in [0.5, 0.6) is 5.75 Å². The molecule has 1 heterocycles. The van der Waals surface area contributed by atoms with Crippen LogP contribution < -0.4 is 15.0 Å². The predicted molar refractivity (Wildman–Crippen MR) is 114 cm³/mol. The number of carbonyl (C=O) groups excluding carboxylic acids is 1. The first kappa shape index (κ1) is 21.1. The lowest BCUT2D eigenvalue weighted by Crippen LogP contribution is -2.48. The molecule has 1 aliphatic heterocycles. The number of carbonyl (C=O) groups is 1. The number of anilines is 2. The Kier molecular flexibility index (Phi) is 6.14. The van der Waals surface area contributed by atoms with E-state index < -0.39 is 10.0 Å². The maximum absolute atomic E-state index is 13.1. The van der Waals surface area contributed by atoms with Crippen molar-refractivity contribution in [1.29, 1.82) is 0 Å². The fourth-order valence-electron chi connectivity index (χ4n) is 3.53. The second kappa shape index (κ2) is 8.42. The number of rotatable bonds is 5. The topological polar surface area (TPSA) is 79.0 Å². The molecule has 2 aromatic rings. The molecule has 1 fully saturated rings. The molecule has 1 N–H and O–H groups in total. The Bertz CT molecular complexity index is 1010. The van der Waals surface area contributed by atoms with Gasteiger partial charge < -0.3 is 15.0 Å². The van der Waals surface area contributed by atoms with Gasteiger partial charge in [-0.3, -0.25) is 4.79 Å². The number of benzene rings is 2. The van der Waals surface area contributed by atoms with Gasteiger partial charge in [0.05, 0.1) is 17.7 Å². The first-order valence-electron chi connectivity index (χ1n) is 9.51. The van der Waals surface area contributed by atoms with E-state index in [0.717, 1.165) is 5.69 Å². The summed E-state index contributed by atoms with van der Waals surface area (Å²) in [6.45, 7) is 7.59. The molecule has 156 valence electrons. The molecule has 0 aromatic heterocycles. The summed E-state index contributed by atoms with van der Waals surface area (Å²) in [5, 5.41) is 2.62. The summed E-state index contributed by atoms with van der Waals surface area (Å²) in [5.74, 6) is 0.124. The Morgan fingerprint density at radius 2 is 1.76 bits per heavy atom. The van der Waals surface area contributed by atoms with Crippen LogP contribution in [-0.4, -0.2) is 51.9 Å². The molecule has 0 atom stereocenters. The average Bonchev–Trinajstić information content (AvgIpc) is 2.69. The highest BCUT2D eigenvalue weighted by Crippen LogP contribution is 2.30. The third kappa shape index (κ3) is 4.38. The number of ether oxygens (including phenoxy) is 1. The molecule has 29 heavy (non-hydrogen) atoms. The smallest absolute Gasteiger partial charge is 0.243 e. The standard InChI is InChI=1S/C21H27N3O4S/c1-15-6-5-7-20(16(15)2)23-10-12-24(13-11-23)29(26,27)18-8-9-21(28-4)19(14-18)22-17(3)25/h5-9,14H,10-13H2,1-4H3,(H,22,25). The van der Waals surface area contributed by atoms with Crippen LogP contribution in [-0.2, 0) is 14.8 Å². The minimum absolute atomic E-state index is 0.141. The summed E-state index contributed by atoms with van der Waals surface area (Å²) in [4.78, 5) is 13.8. The van der Waals surface area contributed by atoms with Crippen molar-refractivity contribution < 1.29 is 17.9 Å². The zero-order valence-corrected chi connectivity index (χ0v) is 18.0. The molecule has 0 bridgehead atoms. The number of amides is 1. The molecule has 0 radical (unpaired) electrons. The van der Waals surface area contributed by atoms with Crippen LogP contribution in [0.15, 0.2) is 41.3 Å². The Hall–Kier alpha value is -2.58. The van der Waals surface area contributed by atoms with Crippen molar-refractivity contribution in [3.05, 3.63) is 47.5 Å². The van der Waals surface area contributed by atoms with Gasteiger partial charge in [0.15, 0.2) is 0 Å². The lowest BCUT2D eigenvalue weighted by atomic mass is 10.1. The van der Waals surface area contributed by atoms with Gasteiger partial charge in [0, 0.05) is 38.8 Å². The summed E-state index contributed by atoms with van der Waals surface area (Å²) in [6, 6.07) is 10.7. The lowest BCUT2D eigenvalue weighted by molar-refractivity contribution is -0.114. The summed E-state index contributed by atoms with van der Waals surface area (Å²) in [6.07, 6.45) is 0. The highest BCUT2D eigenvalue weighted by atomic mass is 32.2. The summed E-state index contributed by atoms with van der Waals surface area (Å²) in [7, 11) is -2.20. The molecule has 7 nitrogen and oxygen atoms in total. The Morgan fingerprint density at radius 1 is 1.07 bits per heavy atom. The largest absolute Gasteiger partial charge is 0.495 e. The molecule has 1 saturated heterocycles. The Morgan fingerprint density at radius 3 is 2.38 bits per heavy atom. The fourth-order valence-corrected chi connectivity index (χ4v) is 4.98. The second-order valence-corrected chi connectivity index (χ2v) is 9.09. The van der Waals surface area contributed by atoms with Crippen molar-refractivity contribution in [2.45, 2.75) is 25.7 Å². The van der Waals surface area contributed by atoms with Gasteiger partial charge in [0.25, 0.3) is 0 Å². The van der Waals surface area contributed by atoms with Crippen LogP contribution in [0.2, 0.25) is 0 Å². The highest BCUT2D eigenvalue weighted by molar-refractivity contribution is 7.89. The van der Waals surface area contributed by atoms with Gasteiger partial charge in [0.1, 0.15) is 5.75 Å². The molecule has 1 aliphatic rings. The second-order valence-electron chi connectivity index (χ2n) is 7.15. The molecule has 8 heteroatoms. The quantitative estimate of drug-likeness (QED) is 0.809. The van der Waals surface area contributed by atoms with Crippen molar-refractivity contribution in [2.75, 3.05) is 43.5 Å². The van der Waals surface area contributed by atoms with Crippen LogP contribution in [0, 0.1) is 13.8 Å². The number of methoxy groups -OCH3 is 1. The first-order chi connectivity index (χ1) is 13.7. The SMILES string of the molecule is COc1ccc(S(=O)(=O)N2CCN(c3cccc(C)c3C)CC2)cc1NC(C)=O. The molecule has 0 spiro atoms. The van der Waals surface area contributed by atoms with E-state index in [1.807, 2.05) is 6.07 Å². The van der Waals surface area contributed by atoms with Gasteiger partial charge in [-0.25, -0.2) is 8.42 Å². The molecular formula is C21H27N3O4S. The van der Waals surface area contributed by atoms with Gasteiger partial charge in [-0.1, -0.05) is 12.1 Å². The third-order valence-corrected chi connectivity index (χ3v) is 7.17. The monoisotopic (exact) mass is 417 g/mol. The minimum Gasteiger partial charge on any atom is -0.495 e. The van der Waals surface area contributed by atoms with E-state index in [9.17, 15) is 13.2 Å². The van der Waals surface area contributed by atoms with E-state index in [1.54, 1.807) is 6.07 Å². The molecule has 0 unspecified atom stereocenters. The zero-order valence-electron chi connectivity index (χ0n) is 17.2. The van der Waals surface area contributed by atoms with Crippen LogP contribution >= 0.6 is 0 Å². The maximum atomic E-state index is 13.1. The molecule has 2 aromatic carbocycles. The van der Waals surface area contributed by atoms with E-state index in [-0.39, 0.29) is 10.8 Å². The van der Waals surface area contributed by atoms with Gasteiger partial charge in [0.2, 0.25) is 15.9 Å². The molecule has 3 rings (SSSR count). The number of aryl methyl sites for hydroxylation is 1. The zero-order chi connectivity index (χ0) is 21.2. The summed E-state index contributed by atoms with van der Waals surface area (Å²) < 4.78 is 33.0. The third-order valence-electron chi connectivity index (χ3n) is 5.27. The molecule has 0 saturated carbocycles. The van der Waals surface area contributed by atoms with E-state index in [4.69, 9.17) is 4.74 Å². The lowest BCUT2D eigenvalue weighted by Gasteiger charge is -2.36. The maximum Gasteiger partial charge on any atom is 0.243 e. The van der Waals surface area contributed by atoms with E-state index in [2.05, 4.69) is 36.2 Å². The minimum atomic E-state index is -3.67. The van der Waals surface area contributed by atoms with Gasteiger partial charge in [-0.05, 0) is 49.2 Å². The van der Waals surface area contributed by atoms with E-state index in [1.165, 1.54) is 41.6 Å². The van der Waals surface area contributed by atoms with Crippen molar-refractivity contribution >= 4 is 27.3 Å². The Labute approximate surface area is 172 Å². The molecular weight excluding hydrogens is 390 g/mol. The predicted octanol–water partition coefficient (Wildman–Crippen LogP) is 2.78. The number of nitrogens with zero attached hydrogens (tertiary/aromatic N) is 2. The van der Waals surface area contributed by atoms with Crippen LogP contribution in [0.3, 0.4) is 0 Å². The van der Waals surface area contributed by atoms with Crippen molar-refractivity contribution in [3.63, 3.8) is 0 Å². The van der Waals surface area contributed by atoms with Gasteiger partial charge in [-0.15, -0.1) is 0 Å². The number of hydrogen-bond acceptors (Lipinski definition) is 5. The first-order valence-corrected chi connectivity index (χ1v) is 10.9. The van der Waals surface area contributed by atoms with Crippen LogP contribution in [0.4, 0.5) is 11.4 Å². The number of piperazine rings is 1. The average molecular weight is 418 g/mol. The molecule has 1 amide bonds. The van der Waals surface area contributed by atoms with Gasteiger partial charge in [-0.2, -0.15) is 4.31 Å². The van der Waals surface area contributed by atoms with Crippen molar-refractivity contribution in [1.82, 2.24) is 4.31 Å². The number of nitrogens with one attached hydrogen (secondary N) is 1. The van der Waals surface area contributed by atoms with Crippen molar-refractivity contribution in [2.24, 2.45) is 0 Å². The van der Waals surface area contributed by atoms with Crippen molar-refractivity contribution in [3.8, 4) is 5.75 Å². The number of sulfonamides is 1. The van der Waals surface area contributed by atoms with Gasteiger partial charge >= 0.3 is 0 Å². The fraction of sp³-hybridized carbons (Fsp3) is 0.381. The normalized spacial score (nSPS) is 15.2.